The molecule has 0 N–H and O–H groups in total. The maximum absolute atomic E-state index is 12.2. The fourth-order valence-electron chi connectivity index (χ4n) is 3.94. The first-order valence-corrected chi connectivity index (χ1v) is 9.77. The lowest BCUT2D eigenvalue weighted by Gasteiger charge is -2.32. The summed E-state index contributed by atoms with van der Waals surface area (Å²) in [4.78, 5) is 14.3. The van der Waals surface area contributed by atoms with Crippen LogP contribution in [-0.2, 0) is 6.54 Å². The standard InChI is InChI=1S/C24H18ClNO3/c1-15-23-17(13-26(14-28-23)21-10-6-5-9-20(21)25)11-19-18(12-22(27)29-24(15)19)16-7-3-2-4-8-16/h2-12H,13-14H2,1H3. The number of para-hydroxylation sites is 1. The molecule has 2 heterocycles. The Morgan fingerprint density at radius 1 is 1.00 bits per heavy atom. The largest absolute Gasteiger partial charge is 0.472 e. The zero-order chi connectivity index (χ0) is 20.0. The molecule has 0 fully saturated rings. The summed E-state index contributed by atoms with van der Waals surface area (Å²) in [5.74, 6) is 0.772. The Bertz CT molecular complexity index is 1280. The number of anilines is 1. The highest BCUT2D eigenvalue weighted by molar-refractivity contribution is 6.33. The second-order valence-electron chi connectivity index (χ2n) is 7.13. The van der Waals surface area contributed by atoms with Gasteiger partial charge in [-0.25, -0.2) is 4.79 Å². The molecule has 0 saturated heterocycles. The topological polar surface area (TPSA) is 42.7 Å². The highest BCUT2D eigenvalue weighted by atomic mass is 35.5. The minimum atomic E-state index is -0.368. The van der Waals surface area contributed by atoms with Gasteiger partial charge in [0, 0.05) is 29.1 Å². The second-order valence-corrected chi connectivity index (χ2v) is 7.54. The maximum atomic E-state index is 12.2. The van der Waals surface area contributed by atoms with E-state index in [-0.39, 0.29) is 5.63 Å². The van der Waals surface area contributed by atoms with E-state index in [2.05, 4.69) is 11.0 Å². The van der Waals surface area contributed by atoms with E-state index in [1.807, 2.05) is 61.5 Å². The van der Waals surface area contributed by atoms with Gasteiger partial charge in [-0.3, -0.25) is 0 Å². The summed E-state index contributed by atoms with van der Waals surface area (Å²) in [6, 6.07) is 21.2. The van der Waals surface area contributed by atoms with Gasteiger partial charge in [0.1, 0.15) is 11.3 Å². The SMILES string of the molecule is Cc1c2c(cc3c(-c4ccccc4)cc(=O)oc13)CN(c1ccccc1Cl)CO2. The summed E-state index contributed by atoms with van der Waals surface area (Å²) in [5, 5.41) is 1.59. The van der Waals surface area contributed by atoms with Crippen molar-refractivity contribution in [2.45, 2.75) is 13.5 Å². The first kappa shape index (κ1) is 17.8. The van der Waals surface area contributed by atoms with Crippen molar-refractivity contribution in [2.75, 3.05) is 11.6 Å². The molecule has 0 aliphatic carbocycles. The third-order valence-electron chi connectivity index (χ3n) is 5.29. The lowest BCUT2D eigenvalue weighted by molar-refractivity contribution is 0.287. The highest BCUT2D eigenvalue weighted by Crippen LogP contribution is 2.39. The number of ether oxygens (including phenoxy) is 1. The Hall–Kier alpha value is -3.24. The molecule has 0 bridgehead atoms. The molecule has 1 aliphatic heterocycles. The monoisotopic (exact) mass is 403 g/mol. The number of nitrogens with zero attached hydrogens (tertiary/aromatic N) is 1. The molecule has 0 spiro atoms. The zero-order valence-electron chi connectivity index (χ0n) is 15.8. The van der Waals surface area contributed by atoms with Crippen LogP contribution in [-0.4, -0.2) is 6.73 Å². The minimum absolute atomic E-state index is 0.368. The van der Waals surface area contributed by atoms with Gasteiger partial charge in [-0.1, -0.05) is 54.1 Å². The van der Waals surface area contributed by atoms with Gasteiger partial charge in [0.2, 0.25) is 0 Å². The molecule has 4 nitrogen and oxygen atoms in total. The lowest BCUT2D eigenvalue weighted by Crippen LogP contribution is -2.32. The van der Waals surface area contributed by atoms with Crippen molar-refractivity contribution in [3.05, 3.63) is 93.3 Å². The Labute approximate surface area is 172 Å². The quantitative estimate of drug-likeness (QED) is 0.398. The molecule has 1 aromatic heterocycles. The van der Waals surface area contributed by atoms with Gasteiger partial charge in [-0.15, -0.1) is 0 Å². The van der Waals surface area contributed by atoms with Crippen molar-refractivity contribution in [2.24, 2.45) is 0 Å². The molecule has 1 aliphatic rings. The summed E-state index contributed by atoms with van der Waals surface area (Å²) in [6.07, 6.45) is 0. The fraction of sp³-hybridized carbons (Fsp3) is 0.125. The van der Waals surface area contributed by atoms with Gasteiger partial charge in [-0.2, -0.15) is 0 Å². The maximum Gasteiger partial charge on any atom is 0.336 e. The molecular formula is C24H18ClNO3. The van der Waals surface area contributed by atoms with E-state index >= 15 is 0 Å². The number of hydrogen-bond donors (Lipinski definition) is 0. The van der Waals surface area contributed by atoms with Crippen LogP contribution >= 0.6 is 11.6 Å². The van der Waals surface area contributed by atoms with E-state index in [4.69, 9.17) is 20.8 Å². The summed E-state index contributed by atoms with van der Waals surface area (Å²) in [5.41, 5.74) is 4.84. The van der Waals surface area contributed by atoms with Crippen LogP contribution in [0.2, 0.25) is 5.02 Å². The molecule has 29 heavy (non-hydrogen) atoms. The number of hydrogen-bond acceptors (Lipinski definition) is 4. The molecule has 0 radical (unpaired) electrons. The first-order chi connectivity index (χ1) is 14.1. The minimum Gasteiger partial charge on any atom is -0.472 e. The molecule has 0 unspecified atom stereocenters. The summed E-state index contributed by atoms with van der Waals surface area (Å²) >= 11 is 6.39. The molecule has 0 saturated carbocycles. The van der Waals surface area contributed by atoms with Crippen LogP contribution in [0.15, 0.2) is 75.9 Å². The van der Waals surface area contributed by atoms with E-state index in [0.29, 0.717) is 23.9 Å². The Balaban J connectivity index is 1.69. The average molecular weight is 404 g/mol. The van der Waals surface area contributed by atoms with Gasteiger partial charge in [0.15, 0.2) is 6.73 Å². The van der Waals surface area contributed by atoms with Crippen LogP contribution in [0.5, 0.6) is 5.75 Å². The van der Waals surface area contributed by atoms with Crippen LogP contribution in [0, 0.1) is 6.92 Å². The predicted octanol–water partition coefficient (Wildman–Crippen LogP) is 5.78. The fourth-order valence-corrected chi connectivity index (χ4v) is 4.20. The second kappa shape index (κ2) is 6.98. The molecule has 3 aromatic carbocycles. The van der Waals surface area contributed by atoms with Gasteiger partial charge in [0.25, 0.3) is 0 Å². The van der Waals surface area contributed by atoms with Gasteiger partial charge in [0.05, 0.1) is 10.7 Å². The van der Waals surface area contributed by atoms with Crippen molar-refractivity contribution < 1.29 is 9.15 Å². The molecule has 5 rings (SSSR count). The predicted molar refractivity (Wildman–Crippen MR) is 116 cm³/mol. The molecule has 144 valence electrons. The van der Waals surface area contributed by atoms with Crippen LogP contribution in [0.1, 0.15) is 11.1 Å². The van der Waals surface area contributed by atoms with Gasteiger partial charge in [-0.05, 0) is 36.2 Å². The summed E-state index contributed by atoms with van der Waals surface area (Å²) < 4.78 is 11.7. The zero-order valence-corrected chi connectivity index (χ0v) is 16.6. The Morgan fingerprint density at radius 3 is 2.55 bits per heavy atom. The Kier molecular flexibility index (Phi) is 4.29. The molecule has 5 heteroatoms. The van der Waals surface area contributed by atoms with E-state index < -0.39 is 0 Å². The van der Waals surface area contributed by atoms with E-state index in [1.165, 1.54) is 0 Å². The molecule has 0 amide bonds. The number of fused-ring (bicyclic) bond motifs is 2. The van der Waals surface area contributed by atoms with Crippen LogP contribution in [0.4, 0.5) is 5.69 Å². The summed E-state index contributed by atoms with van der Waals surface area (Å²) in [6.45, 7) is 2.97. The average Bonchev–Trinajstić information content (AvgIpc) is 2.75. The van der Waals surface area contributed by atoms with Crippen molar-refractivity contribution in [3.63, 3.8) is 0 Å². The normalized spacial score (nSPS) is 13.2. The van der Waals surface area contributed by atoms with E-state index in [9.17, 15) is 4.79 Å². The molecular weight excluding hydrogens is 386 g/mol. The van der Waals surface area contributed by atoms with Crippen LogP contribution in [0.3, 0.4) is 0 Å². The number of rotatable bonds is 2. The van der Waals surface area contributed by atoms with Crippen molar-refractivity contribution in [3.8, 4) is 16.9 Å². The van der Waals surface area contributed by atoms with Crippen molar-refractivity contribution in [1.82, 2.24) is 0 Å². The van der Waals surface area contributed by atoms with E-state index in [0.717, 1.165) is 39.1 Å². The third kappa shape index (κ3) is 3.06. The number of halogens is 1. The first-order valence-electron chi connectivity index (χ1n) is 9.40. The van der Waals surface area contributed by atoms with Gasteiger partial charge < -0.3 is 14.1 Å². The van der Waals surface area contributed by atoms with E-state index in [1.54, 1.807) is 6.07 Å². The highest BCUT2D eigenvalue weighted by Gasteiger charge is 2.24. The lowest BCUT2D eigenvalue weighted by atomic mass is 9.97. The van der Waals surface area contributed by atoms with Crippen molar-refractivity contribution >= 4 is 28.3 Å². The van der Waals surface area contributed by atoms with Crippen LogP contribution < -0.4 is 15.3 Å². The van der Waals surface area contributed by atoms with Crippen molar-refractivity contribution in [1.29, 1.82) is 0 Å². The summed E-state index contributed by atoms with van der Waals surface area (Å²) in [7, 11) is 0. The number of aryl methyl sites for hydroxylation is 1. The smallest absolute Gasteiger partial charge is 0.336 e. The number of benzene rings is 3. The van der Waals surface area contributed by atoms with Gasteiger partial charge >= 0.3 is 5.63 Å². The Morgan fingerprint density at radius 2 is 1.76 bits per heavy atom. The molecule has 4 aromatic rings. The molecule has 0 atom stereocenters. The van der Waals surface area contributed by atoms with Crippen LogP contribution in [0.25, 0.3) is 22.1 Å². The third-order valence-corrected chi connectivity index (χ3v) is 5.61.